The van der Waals surface area contributed by atoms with E-state index < -0.39 is 5.97 Å². The molecule has 20 heavy (non-hydrogen) atoms. The van der Waals surface area contributed by atoms with Crippen LogP contribution in [0.25, 0.3) is 0 Å². The molecular weight excluding hydrogens is 298 g/mol. The number of anilines is 1. The van der Waals surface area contributed by atoms with E-state index in [-0.39, 0.29) is 5.75 Å². The first-order chi connectivity index (χ1) is 9.74. The molecule has 0 unspecified atom stereocenters. The van der Waals surface area contributed by atoms with Gasteiger partial charge in [-0.3, -0.25) is 4.79 Å². The second kappa shape index (κ2) is 7.85. The van der Waals surface area contributed by atoms with E-state index in [9.17, 15) is 4.79 Å². The molecule has 0 aliphatic carbocycles. The van der Waals surface area contributed by atoms with Gasteiger partial charge in [0.1, 0.15) is 0 Å². The van der Waals surface area contributed by atoms with Crippen LogP contribution in [0.3, 0.4) is 0 Å². The number of carboxylic acids is 1. The third-order valence-electron chi connectivity index (χ3n) is 2.40. The molecule has 2 aromatic heterocycles. The van der Waals surface area contributed by atoms with Crippen LogP contribution in [0, 0.1) is 0 Å². The van der Waals surface area contributed by atoms with Crippen LogP contribution in [0.4, 0.5) is 5.13 Å². The molecular formula is C11H15N5O2S2. The lowest BCUT2D eigenvalue weighted by Crippen LogP contribution is -2.03. The molecule has 0 saturated carbocycles. The van der Waals surface area contributed by atoms with Crippen LogP contribution in [0.1, 0.15) is 12.8 Å². The van der Waals surface area contributed by atoms with Crippen molar-refractivity contribution in [2.75, 3.05) is 17.6 Å². The first-order valence-corrected chi connectivity index (χ1v) is 7.92. The zero-order chi connectivity index (χ0) is 14.2. The molecule has 7 nitrogen and oxygen atoms in total. The molecule has 0 fully saturated rings. The van der Waals surface area contributed by atoms with Crippen molar-refractivity contribution in [3.8, 4) is 0 Å². The number of rotatable bonds is 9. The van der Waals surface area contributed by atoms with Gasteiger partial charge in [-0.25, -0.2) is 4.98 Å². The Morgan fingerprint density at radius 3 is 3.10 bits per heavy atom. The van der Waals surface area contributed by atoms with E-state index in [1.807, 2.05) is 17.1 Å². The lowest BCUT2D eigenvalue weighted by molar-refractivity contribution is -0.133. The molecule has 2 rings (SSSR count). The highest BCUT2D eigenvalue weighted by molar-refractivity contribution is 8.01. The summed E-state index contributed by atoms with van der Waals surface area (Å²) in [7, 11) is 0. The third kappa shape index (κ3) is 5.17. The van der Waals surface area contributed by atoms with Crippen LogP contribution >= 0.6 is 23.1 Å². The number of nitrogens with one attached hydrogen (secondary N) is 1. The summed E-state index contributed by atoms with van der Waals surface area (Å²) in [6, 6.07) is 0. The normalized spacial score (nSPS) is 10.6. The molecule has 2 heterocycles. The molecule has 9 heteroatoms. The van der Waals surface area contributed by atoms with E-state index in [1.54, 1.807) is 6.20 Å². The number of nitrogens with zero attached hydrogens (tertiary/aromatic N) is 4. The van der Waals surface area contributed by atoms with Gasteiger partial charge in [-0.15, -0.1) is 10.2 Å². The van der Waals surface area contributed by atoms with Crippen molar-refractivity contribution < 1.29 is 9.90 Å². The Balaban J connectivity index is 1.60. The van der Waals surface area contributed by atoms with Gasteiger partial charge in [-0.1, -0.05) is 23.1 Å². The summed E-state index contributed by atoms with van der Waals surface area (Å²) in [6.07, 6.45) is 7.61. The molecule has 0 saturated heterocycles. The smallest absolute Gasteiger partial charge is 0.313 e. The van der Waals surface area contributed by atoms with Gasteiger partial charge in [0, 0.05) is 25.5 Å². The molecule has 0 amide bonds. The number of imidazole rings is 1. The average molecular weight is 313 g/mol. The molecule has 0 aliphatic rings. The fraction of sp³-hybridized carbons (Fsp3) is 0.455. The van der Waals surface area contributed by atoms with Crippen molar-refractivity contribution >= 4 is 34.2 Å². The maximum absolute atomic E-state index is 10.4. The van der Waals surface area contributed by atoms with Gasteiger partial charge >= 0.3 is 5.97 Å². The van der Waals surface area contributed by atoms with Crippen molar-refractivity contribution in [1.29, 1.82) is 0 Å². The maximum Gasteiger partial charge on any atom is 0.313 e. The number of hydrogen-bond acceptors (Lipinski definition) is 7. The first kappa shape index (κ1) is 14.8. The number of carboxylic acid groups (broad SMARTS) is 1. The fourth-order valence-electron chi connectivity index (χ4n) is 1.50. The van der Waals surface area contributed by atoms with Gasteiger partial charge in [0.2, 0.25) is 5.13 Å². The van der Waals surface area contributed by atoms with Crippen LogP contribution in [-0.2, 0) is 11.3 Å². The molecule has 0 atom stereocenters. The molecule has 2 aromatic rings. The highest BCUT2D eigenvalue weighted by Crippen LogP contribution is 2.25. The summed E-state index contributed by atoms with van der Waals surface area (Å²) in [5.74, 6) is -0.835. The molecule has 0 aliphatic heterocycles. The van der Waals surface area contributed by atoms with Crippen molar-refractivity contribution in [3.05, 3.63) is 18.7 Å². The SMILES string of the molecule is O=C(O)CSc1nnc(NCCCCn2ccnc2)s1. The van der Waals surface area contributed by atoms with Gasteiger partial charge in [-0.05, 0) is 12.8 Å². The Morgan fingerprint density at radius 1 is 1.45 bits per heavy atom. The molecule has 0 bridgehead atoms. The lowest BCUT2D eigenvalue weighted by atomic mass is 10.3. The Bertz CT molecular complexity index is 529. The summed E-state index contributed by atoms with van der Waals surface area (Å²) < 4.78 is 2.72. The van der Waals surface area contributed by atoms with Crippen LogP contribution in [0.5, 0.6) is 0 Å². The second-order valence-electron chi connectivity index (χ2n) is 3.99. The summed E-state index contributed by atoms with van der Waals surface area (Å²) in [5, 5.41) is 20.4. The molecule has 2 N–H and O–H groups in total. The van der Waals surface area contributed by atoms with Gasteiger partial charge in [0.05, 0.1) is 12.1 Å². The van der Waals surface area contributed by atoms with Crippen molar-refractivity contribution in [2.45, 2.75) is 23.7 Å². The standard InChI is InChI=1S/C11H15N5O2S2/c17-9(18)7-19-11-15-14-10(20-11)13-3-1-2-5-16-6-4-12-8-16/h4,6,8H,1-3,5,7H2,(H,13,14)(H,17,18). The Morgan fingerprint density at radius 2 is 2.35 bits per heavy atom. The number of unbranched alkanes of at least 4 members (excludes halogenated alkanes) is 1. The van der Waals surface area contributed by atoms with E-state index in [0.29, 0.717) is 4.34 Å². The quantitative estimate of drug-likeness (QED) is 0.538. The zero-order valence-corrected chi connectivity index (χ0v) is 12.4. The molecule has 0 aromatic carbocycles. The van der Waals surface area contributed by atoms with Crippen LogP contribution in [-0.4, -0.2) is 43.1 Å². The van der Waals surface area contributed by atoms with Crippen LogP contribution in [0.2, 0.25) is 0 Å². The minimum atomic E-state index is -0.848. The van der Waals surface area contributed by atoms with Crippen molar-refractivity contribution in [2.24, 2.45) is 0 Å². The van der Waals surface area contributed by atoms with Crippen LogP contribution < -0.4 is 5.32 Å². The monoisotopic (exact) mass is 313 g/mol. The maximum atomic E-state index is 10.4. The highest BCUT2D eigenvalue weighted by atomic mass is 32.2. The van der Waals surface area contributed by atoms with Crippen molar-refractivity contribution in [1.82, 2.24) is 19.7 Å². The average Bonchev–Trinajstić information content (AvgIpc) is 3.07. The van der Waals surface area contributed by atoms with Gasteiger partial charge in [-0.2, -0.15) is 0 Å². The predicted molar refractivity (Wildman–Crippen MR) is 78.2 cm³/mol. The summed E-state index contributed by atoms with van der Waals surface area (Å²) >= 11 is 2.57. The van der Waals surface area contributed by atoms with E-state index in [1.165, 1.54) is 23.1 Å². The van der Waals surface area contributed by atoms with Gasteiger partial charge in [0.15, 0.2) is 4.34 Å². The van der Waals surface area contributed by atoms with Crippen molar-refractivity contribution in [3.63, 3.8) is 0 Å². The molecule has 0 spiro atoms. The number of aliphatic carboxylic acids is 1. The second-order valence-corrected chi connectivity index (χ2v) is 6.19. The van der Waals surface area contributed by atoms with E-state index in [0.717, 1.165) is 31.1 Å². The van der Waals surface area contributed by atoms with Gasteiger partial charge in [0.25, 0.3) is 0 Å². The van der Waals surface area contributed by atoms with E-state index in [2.05, 4.69) is 20.5 Å². The lowest BCUT2D eigenvalue weighted by Gasteiger charge is -2.02. The van der Waals surface area contributed by atoms with Gasteiger partial charge < -0.3 is 15.0 Å². The first-order valence-electron chi connectivity index (χ1n) is 6.12. The third-order valence-corrected chi connectivity index (χ3v) is 4.40. The number of thioether (sulfide) groups is 1. The van der Waals surface area contributed by atoms with E-state index in [4.69, 9.17) is 5.11 Å². The summed E-state index contributed by atoms with van der Waals surface area (Å²) in [4.78, 5) is 14.4. The molecule has 108 valence electrons. The van der Waals surface area contributed by atoms with E-state index >= 15 is 0 Å². The van der Waals surface area contributed by atoms with Crippen LogP contribution in [0.15, 0.2) is 23.1 Å². The Labute approximate surface area is 124 Å². The molecule has 0 radical (unpaired) electrons. The summed E-state index contributed by atoms with van der Waals surface area (Å²) in [5.41, 5.74) is 0. The number of hydrogen-bond donors (Lipinski definition) is 2. The Kier molecular flexibility index (Phi) is 5.81. The fourth-order valence-corrected chi connectivity index (χ4v) is 2.99. The number of aromatic nitrogens is 4. The topological polar surface area (TPSA) is 92.9 Å². The number of aryl methyl sites for hydroxylation is 1. The number of carbonyl (C=O) groups is 1. The minimum absolute atomic E-state index is 0.0134. The largest absolute Gasteiger partial charge is 0.481 e. The highest BCUT2D eigenvalue weighted by Gasteiger charge is 2.06. The zero-order valence-electron chi connectivity index (χ0n) is 10.7. The minimum Gasteiger partial charge on any atom is -0.481 e. The Hall–Kier alpha value is -1.61. The summed E-state index contributed by atoms with van der Waals surface area (Å²) in [6.45, 7) is 1.78. The predicted octanol–water partition coefficient (Wildman–Crippen LogP) is 1.80.